The maximum Gasteiger partial charge on any atom is 0.195 e. The Balaban J connectivity index is 2.10. The maximum absolute atomic E-state index is 2.26. The molecule has 0 bridgehead atoms. The molecule has 0 aliphatic carbocycles. The van der Waals surface area contributed by atoms with E-state index in [1.54, 1.807) is 0 Å². The number of rotatable bonds is 6. The fourth-order valence-electron chi connectivity index (χ4n) is 1.56. The minimum atomic E-state index is 1.16. The van der Waals surface area contributed by atoms with Crippen molar-refractivity contribution in [3.8, 4) is 0 Å². The number of aromatic nitrogens is 2. The molecule has 0 aliphatic rings. The van der Waals surface area contributed by atoms with Gasteiger partial charge in [0.25, 0.3) is 0 Å². The van der Waals surface area contributed by atoms with E-state index in [4.69, 9.17) is 0 Å². The van der Waals surface area contributed by atoms with E-state index in [1.807, 2.05) is 0 Å². The van der Waals surface area contributed by atoms with Crippen LogP contribution >= 0.6 is 0 Å². The molecule has 0 radical (unpaired) electrons. The van der Waals surface area contributed by atoms with Crippen LogP contribution < -0.4 is 4.68 Å². The van der Waals surface area contributed by atoms with Crippen molar-refractivity contribution < 1.29 is 4.68 Å². The molecule has 0 atom stereocenters. The second-order valence-electron chi connectivity index (χ2n) is 3.64. The maximum atomic E-state index is 2.26. The SMILES string of the molecule is CCCCCCCn1ccc[n+]1C. The van der Waals surface area contributed by atoms with Crippen molar-refractivity contribution in [1.82, 2.24) is 4.68 Å². The van der Waals surface area contributed by atoms with E-state index in [1.165, 1.54) is 32.1 Å². The fraction of sp³-hybridized carbons (Fsp3) is 0.727. The number of aryl methyl sites for hydroxylation is 2. The summed E-state index contributed by atoms with van der Waals surface area (Å²) in [5.41, 5.74) is 0. The molecule has 1 rings (SSSR count). The van der Waals surface area contributed by atoms with Crippen LogP contribution in [-0.2, 0) is 13.6 Å². The van der Waals surface area contributed by atoms with Crippen molar-refractivity contribution in [3.63, 3.8) is 0 Å². The van der Waals surface area contributed by atoms with Crippen LogP contribution in [0.1, 0.15) is 39.0 Å². The van der Waals surface area contributed by atoms with Gasteiger partial charge in [0.05, 0.1) is 12.7 Å². The van der Waals surface area contributed by atoms with Crippen LogP contribution in [0.3, 0.4) is 0 Å². The van der Waals surface area contributed by atoms with Gasteiger partial charge in [0.2, 0.25) is 0 Å². The smallest absolute Gasteiger partial charge is 0.161 e. The lowest BCUT2D eigenvalue weighted by molar-refractivity contribution is -0.753. The fourth-order valence-corrected chi connectivity index (χ4v) is 1.56. The molecule has 0 aromatic carbocycles. The first kappa shape index (κ1) is 10.3. The van der Waals surface area contributed by atoms with E-state index in [2.05, 4.69) is 41.8 Å². The Kier molecular flexibility index (Phi) is 4.58. The van der Waals surface area contributed by atoms with E-state index >= 15 is 0 Å². The summed E-state index contributed by atoms with van der Waals surface area (Å²) >= 11 is 0. The molecule has 1 heterocycles. The summed E-state index contributed by atoms with van der Waals surface area (Å²) in [7, 11) is 2.09. The molecule has 2 nitrogen and oxygen atoms in total. The van der Waals surface area contributed by atoms with E-state index < -0.39 is 0 Å². The van der Waals surface area contributed by atoms with Crippen molar-refractivity contribution >= 4 is 0 Å². The molecule has 0 N–H and O–H groups in total. The summed E-state index contributed by atoms with van der Waals surface area (Å²) in [5, 5.41) is 0. The number of nitrogens with zero attached hydrogens (tertiary/aromatic N) is 2. The molecule has 2 heteroatoms. The number of unbranched alkanes of at least 4 members (excludes halogenated alkanes) is 4. The molecular weight excluding hydrogens is 160 g/mol. The van der Waals surface area contributed by atoms with Crippen LogP contribution in [0.15, 0.2) is 18.5 Å². The van der Waals surface area contributed by atoms with E-state index in [0.29, 0.717) is 0 Å². The van der Waals surface area contributed by atoms with Gasteiger partial charge in [-0.25, -0.2) is 0 Å². The van der Waals surface area contributed by atoms with Gasteiger partial charge < -0.3 is 0 Å². The largest absolute Gasteiger partial charge is 0.195 e. The van der Waals surface area contributed by atoms with Gasteiger partial charge >= 0.3 is 0 Å². The molecule has 0 spiro atoms. The van der Waals surface area contributed by atoms with Crippen LogP contribution in [0.2, 0.25) is 0 Å². The lowest BCUT2D eigenvalue weighted by atomic mass is 10.1. The molecule has 74 valence electrons. The zero-order valence-electron chi connectivity index (χ0n) is 8.87. The van der Waals surface area contributed by atoms with Gasteiger partial charge in [-0.3, -0.25) is 0 Å². The summed E-state index contributed by atoms with van der Waals surface area (Å²) in [4.78, 5) is 0. The quantitative estimate of drug-likeness (QED) is 0.470. The topological polar surface area (TPSA) is 8.81 Å². The first-order valence-electron chi connectivity index (χ1n) is 5.35. The van der Waals surface area contributed by atoms with E-state index in [-0.39, 0.29) is 0 Å². The summed E-state index contributed by atoms with van der Waals surface area (Å²) < 4.78 is 4.39. The van der Waals surface area contributed by atoms with Crippen LogP contribution in [0, 0.1) is 0 Å². The minimum absolute atomic E-state index is 1.16. The Morgan fingerprint density at radius 3 is 2.54 bits per heavy atom. The molecule has 0 aliphatic heterocycles. The molecule has 1 aromatic heterocycles. The van der Waals surface area contributed by atoms with Crippen LogP contribution in [0.5, 0.6) is 0 Å². The lowest BCUT2D eigenvalue weighted by Gasteiger charge is -2.00. The van der Waals surface area contributed by atoms with Gasteiger partial charge in [-0.1, -0.05) is 32.6 Å². The van der Waals surface area contributed by atoms with Gasteiger partial charge in [0, 0.05) is 6.07 Å². The highest BCUT2D eigenvalue weighted by Gasteiger charge is 1.99. The van der Waals surface area contributed by atoms with Crippen molar-refractivity contribution in [3.05, 3.63) is 18.5 Å². The average Bonchev–Trinajstić information content (AvgIpc) is 2.52. The molecule has 0 unspecified atom stereocenters. The summed E-state index contributed by atoms with van der Waals surface area (Å²) in [5.74, 6) is 0. The Morgan fingerprint density at radius 2 is 1.92 bits per heavy atom. The van der Waals surface area contributed by atoms with Gasteiger partial charge in [-0.2, -0.15) is 4.68 Å². The Labute approximate surface area is 81.2 Å². The Bertz CT molecular complexity index is 228. The molecule has 0 saturated heterocycles. The molecule has 13 heavy (non-hydrogen) atoms. The van der Waals surface area contributed by atoms with Crippen LogP contribution in [0.4, 0.5) is 0 Å². The van der Waals surface area contributed by atoms with Crippen molar-refractivity contribution in [1.29, 1.82) is 0 Å². The summed E-state index contributed by atoms with van der Waals surface area (Å²) in [6.07, 6.45) is 11.0. The van der Waals surface area contributed by atoms with Gasteiger partial charge in [-0.05, 0) is 6.42 Å². The Hall–Kier alpha value is -0.790. The summed E-state index contributed by atoms with van der Waals surface area (Å²) in [6, 6.07) is 2.09. The molecular formula is C11H21N2+. The zero-order chi connectivity index (χ0) is 9.52. The second-order valence-corrected chi connectivity index (χ2v) is 3.64. The standard InChI is InChI=1S/C11H21N2/c1-3-4-5-6-7-10-13-11-8-9-12(13)2/h8-9,11H,3-7,10H2,1-2H3/q+1. The number of hydrogen-bond acceptors (Lipinski definition) is 0. The van der Waals surface area contributed by atoms with Crippen molar-refractivity contribution in [2.75, 3.05) is 0 Å². The minimum Gasteiger partial charge on any atom is -0.161 e. The van der Waals surface area contributed by atoms with Crippen LogP contribution in [-0.4, -0.2) is 4.68 Å². The first-order valence-corrected chi connectivity index (χ1v) is 5.35. The highest BCUT2D eigenvalue weighted by Crippen LogP contribution is 2.03. The second kappa shape index (κ2) is 5.79. The molecule has 0 amide bonds. The highest BCUT2D eigenvalue weighted by atomic mass is 15.4. The van der Waals surface area contributed by atoms with Gasteiger partial charge in [0.1, 0.15) is 0 Å². The number of hydrogen-bond donors (Lipinski definition) is 0. The van der Waals surface area contributed by atoms with Crippen LogP contribution in [0.25, 0.3) is 0 Å². The highest BCUT2D eigenvalue weighted by molar-refractivity contribution is 4.71. The third-order valence-electron chi connectivity index (χ3n) is 2.46. The van der Waals surface area contributed by atoms with Gasteiger partial charge in [-0.15, -0.1) is 4.68 Å². The molecule has 1 aromatic rings. The monoisotopic (exact) mass is 181 g/mol. The van der Waals surface area contributed by atoms with Crippen molar-refractivity contribution in [2.24, 2.45) is 7.05 Å². The van der Waals surface area contributed by atoms with E-state index in [9.17, 15) is 0 Å². The van der Waals surface area contributed by atoms with Gasteiger partial charge in [0.15, 0.2) is 13.2 Å². The van der Waals surface area contributed by atoms with Crippen molar-refractivity contribution in [2.45, 2.75) is 45.6 Å². The molecule has 0 fully saturated rings. The summed E-state index contributed by atoms with van der Waals surface area (Å²) in [6.45, 7) is 3.42. The average molecular weight is 181 g/mol. The predicted molar refractivity (Wildman–Crippen MR) is 54.4 cm³/mol. The molecule has 0 saturated carbocycles. The normalized spacial score (nSPS) is 10.6. The van der Waals surface area contributed by atoms with E-state index in [0.717, 1.165) is 6.54 Å². The third-order valence-corrected chi connectivity index (χ3v) is 2.46. The predicted octanol–water partition coefficient (Wildman–Crippen LogP) is 2.28. The lowest BCUT2D eigenvalue weighted by Crippen LogP contribution is -2.37. The Morgan fingerprint density at radius 1 is 1.15 bits per heavy atom. The first-order chi connectivity index (χ1) is 6.34. The zero-order valence-corrected chi connectivity index (χ0v) is 8.87. The third kappa shape index (κ3) is 3.62.